The molecule has 1 fully saturated rings. The van der Waals surface area contributed by atoms with Crippen LogP contribution in [0.1, 0.15) is 33.3 Å². The molecule has 0 amide bonds. The van der Waals surface area contributed by atoms with Crippen LogP contribution in [0.2, 0.25) is 0 Å². The summed E-state index contributed by atoms with van der Waals surface area (Å²) >= 11 is 0. The van der Waals surface area contributed by atoms with Gasteiger partial charge < -0.3 is 9.84 Å². The SMILES string of the molecule is Cc1cn[nH]c1[C@@H]1CN(Cc2ccc(-c3ccccc3C(=O)O)cc2)CCO1. The monoisotopic (exact) mass is 377 g/mol. The van der Waals surface area contributed by atoms with Gasteiger partial charge in [-0.05, 0) is 35.2 Å². The molecule has 0 unspecified atom stereocenters. The van der Waals surface area contributed by atoms with Gasteiger partial charge in [-0.1, -0.05) is 42.5 Å². The summed E-state index contributed by atoms with van der Waals surface area (Å²) in [6.45, 7) is 5.25. The summed E-state index contributed by atoms with van der Waals surface area (Å²) in [5.74, 6) is -0.909. The summed E-state index contributed by atoms with van der Waals surface area (Å²) < 4.78 is 5.92. The molecule has 0 saturated carbocycles. The van der Waals surface area contributed by atoms with Crippen molar-refractivity contribution in [1.82, 2.24) is 15.1 Å². The Bertz CT molecular complexity index is 965. The number of aromatic nitrogens is 2. The van der Waals surface area contributed by atoms with E-state index in [1.54, 1.807) is 12.1 Å². The van der Waals surface area contributed by atoms with Gasteiger partial charge in [-0.2, -0.15) is 5.10 Å². The summed E-state index contributed by atoms with van der Waals surface area (Å²) in [5, 5.41) is 16.5. The zero-order valence-corrected chi connectivity index (χ0v) is 15.8. The van der Waals surface area contributed by atoms with Crippen molar-refractivity contribution in [3.05, 3.63) is 77.1 Å². The van der Waals surface area contributed by atoms with Gasteiger partial charge in [-0.25, -0.2) is 4.79 Å². The molecule has 3 aromatic rings. The molecular formula is C22H23N3O3. The molecule has 6 nitrogen and oxygen atoms in total. The first-order valence-corrected chi connectivity index (χ1v) is 9.37. The molecule has 0 aliphatic carbocycles. The molecule has 0 bridgehead atoms. The van der Waals surface area contributed by atoms with Gasteiger partial charge in [0.15, 0.2) is 0 Å². The van der Waals surface area contributed by atoms with Gasteiger partial charge in [0.05, 0.1) is 24.1 Å². The summed E-state index contributed by atoms with van der Waals surface area (Å²) in [6.07, 6.45) is 1.84. The lowest BCUT2D eigenvalue weighted by atomic mass is 9.98. The number of aromatic carboxylic acids is 1. The van der Waals surface area contributed by atoms with Crippen LogP contribution < -0.4 is 0 Å². The van der Waals surface area contributed by atoms with Crippen molar-refractivity contribution >= 4 is 5.97 Å². The molecule has 6 heteroatoms. The fraction of sp³-hybridized carbons (Fsp3) is 0.273. The summed E-state index contributed by atoms with van der Waals surface area (Å²) in [7, 11) is 0. The summed E-state index contributed by atoms with van der Waals surface area (Å²) in [4.78, 5) is 13.8. The molecule has 1 aliphatic rings. The highest BCUT2D eigenvalue weighted by molar-refractivity contribution is 5.95. The minimum Gasteiger partial charge on any atom is -0.478 e. The third kappa shape index (κ3) is 3.83. The highest BCUT2D eigenvalue weighted by Crippen LogP contribution is 2.26. The Morgan fingerprint density at radius 2 is 2.04 bits per heavy atom. The second kappa shape index (κ2) is 7.96. The van der Waals surface area contributed by atoms with E-state index in [1.807, 2.05) is 37.4 Å². The van der Waals surface area contributed by atoms with Gasteiger partial charge >= 0.3 is 5.97 Å². The minimum atomic E-state index is -0.909. The lowest BCUT2D eigenvalue weighted by Crippen LogP contribution is -2.38. The fourth-order valence-electron chi connectivity index (χ4n) is 3.67. The van der Waals surface area contributed by atoms with Crippen molar-refractivity contribution in [2.75, 3.05) is 19.7 Å². The minimum absolute atomic E-state index is 0.0120. The third-order valence-electron chi connectivity index (χ3n) is 5.17. The predicted octanol–water partition coefficient (Wildman–Crippen LogP) is 3.66. The molecule has 144 valence electrons. The number of rotatable bonds is 5. The van der Waals surface area contributed by atoms with Crippen molar-refractivity contribution in [3.8, 4) is 11.1 Å². The molecule has 1 aliphatic heterocycles. The van der Waals surface area contributed by atoms with Gasteiger partial charge in [0, 0.05) is 19.6 Å². The van der Waals surface area contributed by atoms with E-state index < -0.39 is 5.97 Å². The lowest BCUT2D eigenvalue weighted by Gasteiger charge is -2.32. The van der Waals surface area contributed by atoms with Crippen LogP contribution in [0.25, 0.3) is 11.1 Å². The summed E-state index contributed by atoms with van der Waals surface area (Å²) in [5.41, 5.74) is 5.33. The topological polar surface area (TPSA) is 78.5 Å². The first kappa shape index (κ1) is 18.4. The smallest absolute Gasteiger partial charge is 0.336 e. The largest absolute Gasteiger partial charge is 0.478 e. The van der Waals surface area contributed by atoms with Crippen LogP contribution >= 0.6 is 0 Å². The first-order valence-electron chi connectivity index (χ1n) is 9.37. The number of aryl methyl sites for hydroxylation is 1. The molecule has 2 aromatic carbocycles. The number of nitrogens with zero attached hydrogens (tertiary/aromatic N) is 2. The second-order valence-corrected chi connectivity index (χ2v) is 7.11. The van der Waals surface area contributed by atoms with Gasteiger partial charge in [0.25, 0.3) is 0 Å². The highest BCUT2D eigenvalue weighted by atomic mass is 16.5. The third-order valence-corrected chi connectivity index (χ3v) is 5.17. The van der Waals surface area contributed by atoms with Crippen LogP contribution in [0, 0.1) is 6.92 Å². The van der Waals surface area contributed by atoms with E-state index in [0.717, 1.165) is 42.0 Å². The molecule has 1 atom stereocenters. The molecule has 1 saturated heterocycles. The number of carboxylic acid groups (broad SMARTS) is 1. The number of hydrogen-bond acceptors (Lipinski definition) is 4. The molecule has 0 spiro atoms. The van der Waals surface area contributed by atoms with E-state index in [9.17, 15) is 9.90 Å². The predicted molar refractivity (Wildman–Crippen MR) is 106 cm³/mol. The molecule has 2 heterocycles. The Morgan fingerprint density at radius 1 is 1.25 bits per heavy atom. The van der Waals surface area contributed by atoms with Crippen molar-refractivity contribution in [1.29, 1.82) is 0 Å². The Morgan fingerprint density at radius 3 is 2.75 bits per heavy atom. The Hall–Kier alpha value is -2.96. The molecule has 4 rings (SSSR count). The number of benzene rings is 2. The molecule has 0 radical (unpaired) electrons. The maximum atomic E-state index is 11.5. The van der Waals surface area contributed by atoms with E-state index in [2.05, 4.69) is 27.2 Å². The van der Waals surface area contributed by atoms with E-state index in [-0.39, 0.29) is 6.10 Å². The number of hydrogen-bond donors (Lipinski definition) is 2. The number of aromatic amines is 1. The summed E-state index contributed by atoms with van der Waals surface area (Å²) in [6, 6.07) is 15.2. The maximum Gasteiger partial charge on any atom is 0.336 e. The van der Waals surface area contributed by atoms with Gasteiger partial charge in [-0.15, -0.1) is 0 Å². The molecule has 1 aromatic heterocycles. The van der Waals surface area contributed by atoms with Crippen LogP contribution in [-0.2, 0) is 11.3 Å². The van der Waals surface area contributed by atoms with Gasteiger partial charge in [-0.3, -0.25) is 10.00 Å². The number of nitrogens with one attached hydrogen (secondary N) is 1. The van der Waals surface area contributed by atoms with E-state index in [4.69, 9.17) is 4.74 Å². The normalized spacial score (nSPS) is 17.5. The average Bonchev–Trinajstić information content (AvgIpc) is 3.15. The van der Waals surface area contributed by atoms with Crippen molar-refractivity contribution in [2.45, 2.75) is 19.6 Å². The Labute approximate surface area is 163 Å². The van der Waals surface area contributed by atoms with Crippen LogP contribution in [0.5, 0.6) is 0 Å². The lowest BCUT2D eigenvalue weighted by molar-refractivity contribution is -0.0352. The number of H-pyrrole nitrogens is 1. The quantitative estimate of drug-likeness (QED) is 0.709. The molecular weight excluding hydrogens is 354 g/mol. The van der Waals surface area contributed by atoms with E-state index in [0.29, 0.717) is 12.2 Å². The zero-order valence-electron chi connectivity index (χ0n) is 15.8. The van der Waals surface area contributed by atoms with Crippen LogP contribution in [0.15, 0.2) is 54.7 Å². The maximum absolute atomic E-state index is 11.5. The fourth-order valence-corrected chi connectivity index (χ4v) is 3.67. The van der Waals surface area contributed by atoms with Gasteiger partial charge in [0.2, 0.25) is 0 Å². The zero-order chi connectivity index (χ0) is 19.5. The highest BCUT2D eigenvalue weighted by Gasteiger charge is 2.24. The average molecular weight is 377 g/mol. The standard InChI is InChI=1S/C22H23N3O3/c1-15-12-23-24-21(15)20-14-25(10-11-28-20)13-16-6-8-17(9-7-16)18-4-2-3-5-19(18)22(26)27/h2-9,12,20H,10-11,13-14H2,1H3,(H,23,24)(H,26,27)/t20-/m0/s1. The van der Waals surface area contributed by atoms with Crippen molar-refractivity contribution in [2.24, 2.45) is 0 Å². The second-order valence-electron chi connectivity index (χ2n) is 7.11. The van der Waals surface area contributed by atoms with E-state index >= 15 is 0 Å². The number of carboxylic acids is 1. The van der Waals surface area contributed by atoms with Crippen molar-refractivity contribution < 1.29 is 14.6 Å². The van der Waals surface area contributed by atoms with Crippen LogP contribution in [-0.4, -0.2) is 45.9 Å². The molecule has 2 N–H and O–H groups in total. The van der Waals surface area contributed by atoms with Crippen LogP contribution in [0.3, 0.4) is 0 Å². The van der Waals surface area contributed by atoms with E-state index in [1.165, 1.54) is 5.56 Å². The van der Waals surface area contributed by atoms with Crippen molar-refractivity contribution in [3.63, 3.8) is 0 Å². The Balaban J connectivity index is 1.46. The Kier molecular flexibility index (Phi) is 5.23. The first-order chi connectivity index (χ1) is 13.6. The number of ether oxygens (including phenoxy) is 1. The number of morpholine rings is 1. The number of carbonyl (C=O) groups is 1. The van der Waals surface area contributed by atoms with Crippen LogP contribution in [0.4, 0.5) is 0 Å². The van der Waals surface area contributed by atoms with Gasteiger partial charge in [0.1, 0.15) is 6.10 Å². The molecule has 28 heavy (non-hydrogen) atoms.